The molecule has 1 N–H and O–H groups in total. The van der Waals surface area contributed by atoms with Gasteiger partial charge in [0.15, 0.2) is 0 Å². The van der Waals surface area contributed by atoms with Gasteiger partial charge in [0.25, 0.3) is 0 Å². The van der Waals surface area contributed by atoms with E-state index in [2.05, 4.69) is 29.2 Å². The van der Waals surface area contributed by atoms with Crippen molar-refractivity contribution in [2.45, 2.75) is 64.1 Å². The fourth-order valence-electron chi connectivity index (χ4n) is 3.39. The summed E-state index contributed by atoms with van der Waals surface area (Å²) in [4.78, 5) is 6.66. The molecule has 3 nitrogen and oxygen atoms in total. The Morgan fingerprint density at radius 2 is 2.14 bits per heavy atom. The molecule has 0 amide bonds. The van der Waals surface area contributed by atoms with Crippen LogP contribution in [0.25, 0.3) is 0 Å². The second kappa shape index (κ2) is 6.30. The highest BCUT2D eigenvalue weighted by Gasteiger charge is 2.26. The number of nitrogens with one attached hydrogen (secondary N) is 1. The molecule has 1 aromatic rings. The Labute approximate surface area is 126 Å². The first kappa shape index (κ1) is 14.8. The Bertz CT molecular complexity index is 487. The zero-order chi connectivity index (χ0) is 14.8. The standard InChI is InChI=1S/C17H26FN3/c1-12-4-3-5-16(8-12)21(2)17-13(9-14(18)11-20-17)10-19-15-6-7-15/h9,11-12,15-16,19H,3-8,10H2,1-2H3. The molecule has 116 valence electrons. The summed E-state index contributed by atoms with van der Waals surface area (Å²) in [6, 6.07) is 2.80. The number of aromatic nitrogens is 1. The van der Waals surface area contributed by atoms with Crippen LogP contribution in [0, 0.1) is 11.7 Å². The third kappa shape index (κ3) is 3.73. The van der Waals surface area contributed by atoms with Crippen molar-refractivity contribution >= 4 is 5.82 Å². The van der Waals surface area contributed by atoms with Crippen LogP contribution in [0.5, 0.6) is 0 Å². The Balaban J connectivity index is 1.75. The van der Waals surface area contributed by atoms with Crippen LogP contribution < -0.4 is 10.2 Å². The molecule has 2 atom stereocenters. The molecule has 0 radical (unpaired) electrons. The van der Waals surface area contributed by atoms with Crippen LogP contribution in [0.3, 0.4) is 0 Å². The van der Waals surface area contributed by atoms with Crippen molar-refractivity contribution in [3.05, 3.63) is 23.6 Å². The lowest BCUT2D eigenvalue weighted by Crippen LogP contribution is -2.37. The molecular formula is C17H26FN3. The van der Waals surface area contributed by atoms with Crippen LogP contribution in [-0.4, -0.2) is 24.1 Å². The van der Waals surface area contributed by atoms with Gasteiger partial charge in [-0.05, 0) is 37.7 Å². The van der Waals surface area contributed by atoms with Gasteiger partial charge in [0, 0.05) is 31.2 Å². The molecule has 1 aromatic heterocycles. The minimum Gasteiger partial charge on any atom is -0.356 e. The van der Waals surface area contributed by atoms with E-state index in [0.717, 1.165) is 23.8 Å². The molecule has 0 aromatic carbocycles. The van der Waals surface area contributed by atoms with Crippen LogP contribution in [-0.2, 0) is 6.54 Å². The van der Waals surface area contributed by atoms with Gasteiger partial charge in [-0.2, -0.15) is 0 Å². The minimum atomic E-state index is -0.239. The Hall–Kier alpha value is -1.16. The summed E-state index contributed by atoms with van der Waals surface area (Å²) in [6.07, 6.45) is 8.88. The maximum absolute atomic E-state index is 13.5. The van der Waals surface area contributed by atoms with E-state index in [4.69, 9.17) is 0 Å². The van der Waals surface area contributed by atoms with Crippen molar-refractivity contribution < 1.29 is 4.39 Å². The summed E-state index contributed by atoms with van der Waals surface area (Å²) in [5.74, 6) is 1.49. The highest BCUT2D eigenvalue weighted by molar-refractivity contribution is 5.47. The van der Waals surface area contributed by atoms with Crippen molar-refractivity contribution in [2.24, 2.45) is 5.92 Å². The lowest BCUT2D eigenvalue weighted by molar-refractivity contribution is 0.335. The maximum atomic E-state index is 13.5. The van der Waals surface area contributed by atoms with E-state index >= 15 is 0 Å². The molecular weight excluding hydrogens is 265 g/mol. The fourth-order valence-corrected chi connectivity index (χ4v) is 3.39. The molecule has 0 spiro atoms. The van der Waals surface area contributed by atoms with Crippen molar-refractivity contribution in [1.29, 1.82) is 0 Å². The van der Waals surface area contributed by atoms with Gasteiger partial charge in [-0.15, -0.1) is 0 Å². The van der Waals surface area contributed by atoms with Gasteiger partial charge < -0.3 is 10.2 Å². The zero-order valence-electron chi connectivity index (χ0n) is 13.1. The summed E-state index contributed by atoms with van der Waals surface area (Å²) in [6.45, 7) is 3.05. The first-order valence-corrected chi connectivity index (χ1v) is 8.24. The smallest absolute Gasteiger partial charge is 0.141 e. The number of halogens is 1. The molecule has 0 saturated heterocycles. The Morgan fingerprint density at radius 3 is 2.86 bits per heavy atom. The molecule has 1 heterocycles. The average Bonchev–Trinajstić information content (AvgIpc) is 3.29. The van der Waals surface area contributed by atoms with Crippen molar-refractivity contribution in [2.75, 3.05) is 11.9 Å². The second-order valence-corrected chi connectivity index (χ2v) is 6.83. The Kier molecular flexibility index (Phi) is 4.43. The first-order chi connectivity index (χ1) is 10.1. The van der Waals surface area contributed by atoms with E-state index < -0.39 is 0 Å². The van der Waals surface area contributed by atoms with E-state index in [9.17, 15) is 4.39 Å². The summed E-state index contributed by atoms with van der Waals surface area (Å²) in [5, 5.41) is 3.47. The van der Waals surface area contributed by atoms with Gasteiger partial charge in [-0.3, -0.25) is 0 Å². The molecule has 4 heteroatoms. The van der Waals surface area contributed by atoms with E-state index in [0.29, 0.717) is 12.1 Å². The summed E-state index contributed by atoms with van der Waals surface area (Å²) in [5.41, 5.74) is 0.989. The van der Waals surface area contributed by atoms with Gasteiger partial charge in [-0.25, -0.2) is 9.37 Å². The molecule has 2 aliphatic carbocycles. The first-order valence-electron chi connectivity index (χ1n) is 8.24. The zero-order valence-corrected chi connectivity index (χ0v) is 13.1. The molecule has 21 heavy (non-hydrogen) atoms. The Morgan fingerprint density at radius 1 is 1.33 bits per heavy atom. The van der Waals surface area contributed by atoms with E-state index in [-0.39, 0.29) is 5.82 Å². The third-order valence-corrected chi connectivity index (χ3v) is 4.86. The number of hydrogen-bond acceptors (Lipinski definition) is 3. The molecule has 2 unspecified atom stereocenters. The number of anilines is 1. The lowest BCUT2D eigenvalue weighted by Gasteiger charge is -2.35. The number of rotatable bonds is 5. The van der Waals surface area contributed by atoms with Gasteiger partial charge in [0.2, 0.25) is 0 Å². The van der Waals surface area contributed by atoms with Crippen molar-refractivity contribution in [3.8, 4) is 0 Å². The molecule has 2 fully saturated rings. The van der Waals surface area contributed by atoms with Crippen molar-refractivity contribution in [3.63, 3.8) is 0 Å². The van der Waals surface area contributed by atoms with E-state index in [1.165, 1.54) is 44.7 Å². The summed E-state index contributed by atoms with van der Waals surface area (Å²) >= 11 is 0. The van der Waals surface area contributed by atoms with E-state index in [1.54, 1.807) is 6.07 Å². The van der Waals surface area contributed by atoms with Crippen LogP contribution >= 0.6 is 0 Å². The topological polar surface area (TPSA) is 28.2 Å². The predicted molar refractivity (Wildman–Crippen MR) is 83.9 cm³/mol. The predicted octanol–water partition coefficient (Wildman–Crippen LogP) is 3.49. The number of pyridine rings is 1. The van der Waals surface area contributed by atoms with Crippen molar-refractivity contribution in [1.82, 2.24) is 10.3 Å². The monoisotopic (exact) mass is 291 g/mol. The SMILES string of the molecule is CC1CCCC(N(C)c2ncc(F)cc2CNC2CC2)C1. The van der Waals surface area contributed by atoms with Crippen LogP contribution in [0.15, 0.2) is 12.3 Å². The largest absolute Gasteiger partial charge is 0.356 e. The highest BCUT2D eigenvalue weighted by Crippen LogP contribution is 2.30. The number of hydrogen-bond donors (Lipinski definition) is 1. The van der Waals surface area contributed by atoms with Crippen LogP contribution in [0.1, 0.15) is 51.0 Å². The molecule has 0 bridgehead atoms. The molecule has 2 saturated carbocycles. The van der Waals surface area contributed by atoms with Gasteiger partial charge in [0.1, 0.15) is 11.6 Å². The average molecular weight is 291 g/mol. The molecule has 0 aliphatic heterocycles. The summed E-state index contributed by atoms with van der Waals surface area (Å²) < 4.78 is 13.5. The van der Waals surface area contributed by atoms with Crippen LogP contribution in [0.4, 0.5) is 10.2 Å². The normalized spacial score (nSPS) is 25.9. The highest BCUT2D eigenvalue weighted by atomic mass is 19.1. The lowest BCUT2D eigenvalue weighted by atomic mass is 9.86. The van der Waals surface area contributed by atoms with Gasteiger partial charge in [0.05, 0.1) is 6.20 Å². The quantitative estimate of drug-likeness (QED) is 0.900. The molecule has 3 rings (SSSR count). The number of nitrogens with zero attached hydrogens (tertiary/aromatic N) is 2. The van der Waals surface area contributed by atoms with Gasteiger partial charge >= 0.3 is 0 Å². The maximum Gasteiger partial charge on any atom is 0.141 e. The minimum absolute atomic E-state index is 0.239. The van der Waals surface area contributed by atoms with Gasteiger partial charge in [-0.1, -0.05) is 19.8 Å². The molecule has 2 aliphatic rings. The summed E-state index contributed by atoms with van der Waals surface area (Å²) in [7, 11) is 2.11. The van der Waals surface area contributed by atoms with Crippen LogP contribution in [0.2, 0.25) is 0 Å². The second-order valence-electron chi connectivity index (χ2n) is 6.83. The third-order valence-electron chi connectivity index (χ3n) is 4.86. The van der Waals surface area contributed by atoms with E-state index in [1.807, 2.05) is 0 Å². The fraction of sp³-hybridized carbons (Fsp3) is 0.706.